The Morgan fingerprint density at radius 1 is 1.32 bits per heavy atom. The van der Waals surface area contributed by atoms with Crippen molar-refractivity contribution in [2.24, 2.45) is 0 Å². The van der Waals surface area contributed by atoms with Gasteiger partial charge in [-0.15, -0.1) is 0 Å². The highest BCUT2D eigenvalue weighted by Crippen LogP contribution is 2.27. The number of benzene rings is 1. The molecule has 1 aliphatic rings. The Balaban J connectivity index is 1.74. The van der Waals surface area contributed by atoms with Crippen molar-refractivity contribution in [3.8, 4) is 5.75 Å². The van der Waals surface area contributed by atoms with Crippen molar-refractivity contribution in [1.82, 2.24) is 15.2 Å². The Morgan fingerprint density at radius 2 is 2.12 bits per heavy atom. The number of hydrogen-bond donors (Lipinski definition) is 1. The van der Waals surface area contributed by atoms with Crippen LogP contribution in [0, 0.1) is 0 Å². The van der Waals surface area contributed by atoms with Gasteiger partial charge >= 0.3 is 0 Å². The first-order chi connectivity index (χ1) is 12.2. The largest absolute Gasteiger partial charge is 0.497 e. The van der Waals surface area contributed by atoms with E-state index >= 15 is 0 Å². The Bertz CT molecular complexity index is 732. The van der Waals surface area contributed by atoms with Crippen LogP contribution in [0.1, 0.15) is 34.8 Å². The van der Waals surface area contributed by atoms with Crippen LogP contribution in [0.4, 0.5) is 0 Å². The van der Waals surface area contributed by atoms with Gasteiger partial charge in [0.05, 0.1) is 13.2 Å². The third kappa shape index (κ3) is 4.50. The minimum Gasteiger partial charge on any atom is -0.497 e. The number of pyridine rings is 1. The molecular formula is C19H22ClN3O2. The van der Waals surface area contributed by atoms with Crippen molar-refractivity contribution in [2.75, 3.05) is 26.7 Å². The van der Waals surface area contributed by atoms with E-state index in [0.29, 0.717) is 17.3 Å². The SMILES string of the molecule is COc1cccc(C(CNC(=O)c2ccnc(Cl)c2)N2CCCC2)c1. The number of nitrogens with one attached hydrogen (secondary N) is 1. The highest BCUT2D eigenvalue weighted by molar-refractivity contribution is 6.29. The van der Waals surface area contributed by atoms with E-state index in [1.165, 1.54) is 19.0 Å². The molecule has 1 unspecified atom stereocenters. The minimum absolute atomic E-state index is 0.124. The third-order valence-electron chi connectivity index (χ3n) is 4.50. The fraction of sp³-hybridized carbons (Fsp3) is 0.368. The van der Waals surface area contributed by atoms with E-state index in [1.54, 1.807) is 19.2 Å². The second kappa shape index (κ2) is 8.32. The van der Waals surface area contributed by atoms with Gasteiger partial charge in [-0.25, -0.2) is 4.98 Å². The summed E-state index contributed by atoms with van der Waals surface area (Å²) in [6.07, 6.45) is 3.92. The molecule has 6 heteroatoms. The molecule has 1 atom stereocenters. The average Bonchev–Trinajstić information content (AvgIpc) is 3.16. The molecule has 1 aromatic heterocycles. The Labute approximate surface area is 153 Å². The van der Waals surface area contributed by atoms with E-state index in [0.717, 1.165) is 24.4 Å². The predicted molar refractivity (Wildman–Crippen MR) is 98.1 cm³/mol. The molecule has 132 valence electrons. The van der Waals surface area contributed by atoms with Gasteiger partial charge in [0.2, 0.25) is 0 Å². The van der Waals surface area contributed by atoms with E-state index in [9.17, 15) is 4.79 Å². The lowest BCUT2D eigenvalue weighted by atomic mass is 10.0. The molecule has 1 N–H and O–H groups in total. The summed E-state index contributed by atoms with van der Waals surface area (Å²) < 4.78 is 5.35. The molecule has 1 saturated heterocycles. The Hall–Kier alpha value is -2.11. The molecule has 1 aromatic carbocycles. The van der Waals surface area contributed by atoms with Crippen molar-refractivity contribution in [2.45, 2.75) is 18.9 Å². The van der Waals surface area contributed by atoms with Gasteiger partial charge in [0, 0.05) is 18.3 Å². The number of likely N-dealkylation sites (tertiary alicyclic amines) is 1. The van der Waals surface area contributed by atoms with Crippen molar-refractivity contribution in [1.29, 1.82) is 0 Å². The summed E-state index contributed by atoms with van der Waals surface area (Å²) in [7, 11) is 1.67. The fourth-order valence-electron chi connectivity index (χ4n) is 3.19. The summed E-state index contributed by atoms with van der Waals surface area (Å²) in [6.45, 7) is 2.61. The van der Waals surface area contributed by atoms with Crippen molar-refractivity contribution >= 4 is 17.5 Å². The molecule has 0 spiro atoms. The molecule has 1 fully saturated rings. The maximum atomic E-state index is 12.4. The molecule has 3 rings (SSSR count). The molecule has 0 saturated carbocycles. The molecule has 1 aliphatic heterocycles. The molecule has 1 amide bonds. The van der Waals surface area contributed by atoms with Gasteiger partial charge in [0.1, 0.15) is 10.9 Å². The van der Waals surface area contributed by atoms with Gasteiger partial charge < -0.3 is 10.1 Å². The van der Waals surface area contributed by atoms with E-state index in [2.05, 4.69) is 21.3 Å². The topological polar surface area (TPSA) is 54.5 Å². The van der Waals surface area contributed by atoms with Crippen LogP contribution in [0.15, 0.2) is 42.6 Å². The number of hydrogen-bond acceptors (Lipinski definition) is 4. The number of ether oxygens (including phenoxy) is 1. The van der Waals surface area contributed by atoms with E-state index < -0.39 is 0 Å². The smallest absolute Gasteiger partial charge is 0.251 e. The lowest BCUT2D eigenvalue weighted by Gasteiger charge is -2.28. The molecule has 2 heterocycles. The van der Waals surface area contributed by atoms with Crippen molar-refractivity contribution < 1.29 is 9.53 Å². The highest BCUT2D eigenvalue weighted by Gasteiger charge is 2.24. The molecule has 2 aromatic rings. The van der Waals surface area contributed by atoms with Crippen LogP contribution in [0.2, 0.25) is 5.15 Å². The Morgan fingerprint density at radius 3 is 2.84 bits per heavy atom. The monoisotopic (exact) mass is 359 g/mol. The van der Waals surface area contributed by atoms with E-state index in [-0.39, 0.29) is 11.9 Å². The van der Waals surface area contributed by atoms with Crippen molar-refractivity contribution in [3.05, 3.63) is 58.9 Å². The minimum atomic E-state index is -0.142. The fourth-order valence-corrected chi connectivity index (χ4v) is 3.37. The number of rotatable bonds is 6. The lowest BCUT2D eigenvalue weighted by molar-refractivity contribution is 0.0938. The van der Waals surface area contributed by atoms with Gasteiger partial charge in [0.15, 0.2) is 0 Å². The first-order valence-electron chi connectivity index (χ1n) is 8.45. The lowest BCUT2D eigenvalue weighted by Crippen LogP contribution is -2.36. The quantitative estimate of drug-likeness (QED) is 0.804. The molecule has 5 nitrogen and oxygen atoms in total. The third-order valence-corrected chi connectivity index (χ3v) is 4.71. The van der Waals surface area contributed by atoms with Gasteiger partial charge in [-0.3, -0.25) is 9.69 Å². The number of aromatic nitrogens is 1. The second-order valence-corrected chi connectivity index (χ2v) is 6.50. The first-order valence-corrected chi connectivity index (χ1v) is 8.83. The number of halogens is 1. The van der Waals surface area contributed by atoms with E-state index in [4.69, 9.17) is 16.3 Å². The summed E-state index contributed by atoms with van der Waals surface area (Å²) in [5.41, 5.74) is 1.67. The second-order valence-electron chi connectivity index (χ2n) is 6.11. The maximum absolute atomic E-state index is 12.4. The molecule has 0 radical (unpaired) electrons. The zero-order valence-corrected chi connectivity index (χ0v) is 15.0. The predicted octanol–water partition coefficient (Wildman–Crippen LogP) is 3.31. The normalized spacial score (nSPS) is 15.8. The van der Waals surface area contributed by atoms with Gasteiger partial charge in [-0.05, 0) is 55.8 Å². The highest BCUT2D eigenvalue weighted by atomic mass is 35.5. The van der Waals surface area contributed by atoms with Crippen LogP contribution < -0.4 is 10.1 Å². The van der Waals surface area contributed by atoms with Crippen LogP contribution in [-0.4, -0.2) is 42.5 Å². The van der Waals surface area contributed by atoms with Gasteiger partial charge in [-0.1, -0.05) is 23.7 Å². The number of amides is 1. The van der Waals surface area contributed by atoms with Crippen LogP contribution in [0.5, 0.6) is 5.75 Å². The maximum Gasteiger partial charge on any atom is 0.251 e. The summed E-state index contributed by atoms with van der Waals surface area (Å²) in [5, 5.41) is 3.35. The van der Waals surface area contributed by atoms with Gasteiger partial charge in [0.25, 0.3) is 5.91 Å². The summed E-state index contributed by atoms with van der Waals surface area (Å²) >= 11 is 5.87. The molecule has 0 aliphatic carbocycles. The van der Waals surface area contributed by atoms with Crippen LogP contribution in [-0.2, 0) is 0 Å². The first kappa shape index (κ1) is 17.7. The standard InChI is InChI=1S/C19H22ClN3O2/c1-25-16-6-4-5-14(11-16)17(23-9-2-3-10-23)13-22-19(24)15-7-8-21-18(20)12-15/h4-8,11-12,17H,2-3,9-10,13H2,1H3,(H,22,24). The van der Waals surface area contributed by atoms with E-state index in [1.807, 2.05) is 18.2 Å². The summed E-state index contributed by atoms with van der Waals surface area (Å²) in [5.74, 6) is 0.685. The van der Waals surface area contributed by atoms with Crippen LogP contribution in [0.25, 0.3) is 0 Å². The van der Waals surface area contributed by atoms with Crippen molar-refractivity contribution in [3.63, 3.8) is 0 Å². The average molecular weight is 360 g/mol. The number of carbonyl (C=O) groups is 1. The molecule has 0 bridgehead atoms. The van der Waals surface area contributed by atoms with Gasteiger partial charge in [-0.2, -0.15) is 0 Å². The summed E-state index contributed by atoms with van der Waals surface area (Å²) in [6, 6.07) is 11.4. The molecule has 25 heavy (non-hydrogen) atoms. The van der Waals surface area contributed by atoms with Crippen LogP contribution >= 0.6 is 11.6 Å². The Kier molecular flexibility index (Phi) is 5.89. The molecular weight excluding hydrogens is 338 g/mol. The van der Waals surface area contributed by atoms with Crippen LogP contribution in [0.3, 0.4) is 0 Å². The number of nitrogens with zero attached hydrogens (tertiary/aromatic N) is 2. The summed E-state index contributed by atoms with van der Waals surface area (Å²) in [4.78, 5) is 18.8. The number of carbonyl (C=O) groups excluding carboxylic acids is 1. The number of methoxy groups -OCH3 is 1. The zero-order chi connectivity index (χ0) is 17.6. The zero-order valence-electron chi connectivity index (χ0n) is 14.2.